The molecule has 0 saturated carbocycles. The number of carbonyl (C=O) groups is 1. The molecule has 0 bridgehead atoms. The van der Waals surface area contributed by atoms with E-state index in [0.29, 0.717) is 11.3 Å². The molecule has 0 unspecified atom stereocenters. The van der Waals surface area contributed by atoms with Gasteiger partial charge in [-0.05, 0) is 61.1 Å². The summed E-state index contributed by atoms with van der Waals surface area (Å²) < 4.78 is 18.9. The molecule has 1 aliphatic heterocycles. The van der Waals surface area contributed by atoms with Crippen molar-refractivity contribution in [3.05, 3.63) is 89.7 Å². The Labute approximate surface area is 182 Å². The molecule has 0 aliphatic carbocycles. The summed E-state index contributed by atoms with van der Waals surface area (Å²) in [4.78, 5) is 17.5. The summed E-state index contributed by atoms with van der Waals surface area (Å²) in [6, 6.07) is 21.2. The zero-order chi connectivity index (χ0) is 21.6. The number of carbonyl (C=O) groups excluding carboxylic acids is 1. The number of nitrogens with one attached hydrogen (secondary N) is 1. The van der Waals surface area contributed by atoms with Crippen LogP contribution < -0.4 is 15.0 Å². The normalized spacial score (nSPS) is 14.3. The third kappa shape index (κ3) is 5.41. The van der Waals surface area contributed by atoms with Crippen LogP contribution in [0.2, 0.25) is 0 Å². The lowest BCUT2D eigenvalue weighted by molar-refractivity contribution is 0.102. The zero-order valence-electron chi connectivity index (χ0n) is 17.6. The first-order valence-electron chi connectivity index (χ1n) is 10.4. The minimum Gasteiger partial charge on any atom is -0.488 e. The minimum absolute atomic E-state index is 0.234. The topological polar surface area (TPSA) is 44.8 Å². The van der Waals surface area contributed by atoms with E-state index in [4.69, 9.17) is 4.74 Å². The highest BCUT2D eigenvalue weighted by molar-refractivity contribution is 6.06. The number of halogens is 1. The van der Waals surface area contributed by atoms with Crippen molar-refractivity contribution < 1.29 is 13.9 Å². The molecule has 4 rings (SSSR count). The Balaban J connectivity index is 1.40. The second-order valence-corrected chi connectivity index (χ2v) is 7.70. The molecule has 1 aliphatic rings. The molecule has 0 spiro atoms. The Kier molecular flexibility index (Phi) is 6.48. The number of likely N-dealkylation sites (N-methyl/N-ethyl adjacent to an activating group) is 1. The van der Waals surface area contributed by atoms with E-state index in [-0.39, 0.29) is 18.3 Å². The van der Waals surface area contributed by atoms with Crippen molar-refractivity contribution in [2.75, 3.05) is 43.4 Å². The summed E-state index contributed by atoms with van der Waals surface area (Å²) in [5.41, 5.74) is 3.18. The van der Waals surface area contributed by atoms with E-state index in [0.717, 1.165) is 43.1 Å². The van der Waals surface area contributed by atoms with Gasteiger partial charge in [0.2, 0.25) is 0 Å². The van der Waals surface area contributed by atoms with Crippen LogP contribution in [0.3, 0.4) is 0 Å². The van der Waals surface area contributed by atoms with Gasteiger partial charge in [0, 0.05) is 37.6 Å². The van der Waals surface area contributed by atoms with Crippen molar-refractivity contribution in [2.24, 2.45) is 0 Å². The summed E-state index contributed by atoms with van der Waals surface area (Å²) in [6.45, 7) is 4.35. The zero-order valence-corrected chi connectivity index (χ0v) is 17.6. The molecule has 1 heterocycles. The predicted octanol–water partition coefficient (Wildman–Crippen LogP) is 4.41. The van der Waals surface area contributed by atoms with Gasteiger partial charge in [-0.3, -0.25) is 4.79 Å². The van der Waals surface area contributed by atoms with Crippen LogP contribution in [0.5, 0.6) is 5.75 Å². The average molecular weight is 420 g/mol. The average Bonchev–Trinajstić information content (AvgIpc) is 2.80. The Hall–Kier alpha value is -3.38. The molecule has 31 heavy (non-hydrogen) atoms. The van der Waals surface area contributed by atoms with Crippen LogP contribution in [-0.2, 0) is 6.61 Å². The lowest BCUT2D eigenvalue weighted by atomic mass is 10.1. The van der Waals surface area contributed by atoms with Crippen LogP contribution >= 0.6 is 0 Å². The fraction of sp³-hybridized carbons (Fsp3) is 0.240. The number of rotatable bonds is 6. The largest absolute Gasteiger partial charge is 0.488 e. The summed E-state index contributed by atoms with van der Waals surface area (Å²) in [7, 11) is 2.14. The van der Waals surface area contributed by atoms with Crippen molar-refractivity contribution >= 4 is 17.3 Å². The van der Waals surface area contributed by atoms with E-state index >= 15 is 0 Å². The molecule has 0 atom stereocenters. The Morgan fingerprint density at radius 1 is 0.935 bits per heavy atom. The quantitative estimate of drug-likeness (QED) is 0.643. The molecule has 0 aromatic heterocycles. The number of hydrogen-bond acceptors (Lipinski definition) is 4. The maximum Gasteiger partial charge on any atom is 0.259 e. The highest BCUT2D eigenvalue weighted by atomic mass is 19.1. The Morgan fingerprint density at radius 2 is 1.61 bits per heavy atom. The third-order valence-corrected chi connectivity index (χ3v) is 5.43. The van der Waals surface area contributed by atoms with Gasteiger partial charge in [-0.25, -0.2) is 4.39 Å². The maximum absolute atomic E-state index is 13.1. The van der Waals surface area contributed by atoms with Gasteiger partial charge in [-0.1, -0.05) is 24.3 Å². The second-order valence-electron chi connectivity index (χ2n) is 7.70. The first-order chi connectivity index (χ1) is 15.1. The van der Waals surface area contributed by atoms with Crippen LogP contribution in [0.25, 0.3) is 0 Å². The van der Waals surface area contributed by atoms with Gasteiger partial charge in [0.1, 0.15) is 18.2 Å². The first kappa shape index (κ1) is 20.9. The maximum atomic E-state index is 13.1. The lowest BCUT2D eigenvalue weighted by Gasteiger charge is -2.34. The SMILES string of the molecule is CN1CCN(c2ccc(NC(=O)c3ccccc3OCc3ccc(F)cc3)cc2)CC1. The summed E-state index contributed by atoms with van der Waals surface area (Å²) in [5.74, 6) is -0.0393. The van der Waals surface area contributed by atoms with Gasteiger partial charge in [0.15, 0.2) is 0 Å². The van der Waals surface area contributed by atoms with E-state index in [1.807, 2.05) is 30.3 Å². The molecule has 1 N–H and O–H groups in total. The highest BCUT2D eigenvalue weighted by Gasteiger charge is 2.15. The molecule has 3 aromatic carbocycles. The van der Waals surface area contributed by atoms with Gasteiger partial charge in [-0.2, -0.15) is 0 Å². The van der Waals surface area contributed by atoms with Crippen LogP contribution in [0.4, 0.5) is 15.8 Å². The fourth-order valence-corrected chi connectivity index (χ4v) is 3.54. The van der Waals surface area contributed by atoms with Gasteiger partial charge in [0.05, 0.1) is 5.56 Å². The van der Waals surface area contributed by atoms with Crippen molar-refractivity contribution in [2.45, 2.75) is 6.61 Å². The monoisotopic (exact) mass is 419 g/mol. The van der Waals surface area contributed by atoms with Gasteiger partial charge in [-0.15, -0.1) is 0 Å². The third-order valence-electron chi connectivity index (χ3n) is 5.43. The summed E-state index contributed by atoms with van der Waals surface area (Å²) >= 11 is 0. The van der Waals surface area contributed by atoms with Crippen LogP contribution in [0, 0.1) is 5.82 Å². The molecular formula is C25H26FN3O2. The molecule has 1 saturated heterocycles. The Bertz CT molecular complexity index is 1010. The molecule has 6 heteroatoms. The number of piperazine rings is 1. The molecule has 160 valence electrons. The molecular weight excluding hydrogens is 393 g/mol. The van der Waals surface area contributed by atoms with E-state index in [2.05, 4.69) is 22.2 Å². The first-order valence-corrected chi connectivity index (χ1v) is 10.4. The van der Waals surface area contributed by atoms with E-state index < -0.39 is 0 Å². The van der Waals surface area contributed by atoms with Gasteiger partial charge in [0.25, 0.3) is 5.91 Å². The number of ether oxygens (including phenoxy) is 1. The van der Waals surface area contributed by atoms with Gasteiger partial charge >= 0.3 is 0 Å². The van der Waals surface area contributed by atoms with E-state index in [9.17, 15) is 9.18 Å². The molecule has 1 fully saturated rings. The number of nitrogens with zero attached hydrogens (tertiary/aromatic N) is 2. The van der Waals surface area contributed by atoms with Crippen molar-refractivity contribution in [1.29, 1.82) is 0 Å². The van der Waals surface area contributed by atoms with Gasteiger partial charge < -0.3 is 19.9 Å². The van der Waals surface area contributed by atoms with Crippen LogP contribution in [0.15, 0.2) is 72.8 Å². The number of para-hydroxylation sites is 1. The molecule has 5 nitrogen and oxygen atoms in total. The summed E-state index contributed by atoms with van der Waals surface area (Å²) in [6.07, 6.45) is 0. The molecule has 0 radical (unpaired) electrons. The fourth-order valence-electron chi connectivity index (χ4n) is 3.54. The van der Waals surface area contributed by atoms with E-state index in [1.165, 1.54) is 12.1 Å². The van der Waals surface area contributed by atoms with Crippen molar-refractivity contribution in [1.82, 2.24) is 4.90 Å². The van der Waals surface area contributed by atoms with Crippen LogP contribution in [0.1, 0.15) is 15.9 Å². The van der Waals surface area contributed by atoms with Crippen molar-refractivity contribution in [3.8, 4) is 5.75 Å². The molecule has 1 amide bonds. The second kappa shape index (κ2) is 9.62. The number of benzene rings is 3. The Morgan fingerprint density at radius 3 is 2.32 bits per heavy atom. The number of amides is 1. The number of hydrogen-bond donors (Lipinski definition) is 1. The smallest absolute Gasteiger partial charge is 0.259 e. The standard InChI is InChI=1S/C25H26FN3O2/c1-28-14-16-29(17-15-28)22-12-10-21(11-13-22)27-25(30)23-4-2-3-5-24(23)31-18-19-6-8-20(26)9-7-19/h2-13H,14-18H2,1H3,(H,27,30). The number of anilines is 2. The van der Waals surface area contributed by atoms with E-state index in [1.54, 1.807) is 30.3 Å². The summed E-state index contributed by atoms with van der Waals surface area (Å²) in [5, 5.41) is 2.95. The highest BCUT2D eigenvalue weighted by Crippen LogP contribution is 2.23. The van der Waals surface area contributed by atoms with Crippen molar-refractivity contribution in [3.63, 3.8) is 0 Å². The predicted molar refractivity (Wildman–Crippen MR) is 121 cm³/mol. The molecule has 3 aromatic rings. The lowest BCUT2D eigenvalue weighted by Crippen LogP contribution is -2.44. The van der Waals surface area contributed by atoms with Crippen LogP contribution in [-0.4, -0.2) is 44.0 Å². The minimum atomic E-state index is -0.290.